The summed E-state index contributed by atoms with van der Waals surface area (Å²) in [6.45, 7) is 7.79. The van der Waals surface area contributed by atoms with Gasteiger partial charge in [-0.25, -0.2) is 0 Å². The zero-order valence-corrected chi connectivity index (χ0v) is 14.7. The minimum absolute atomic E-state index is 0.00105. The number of rotatable bonds is 3. The van der Waals surface area contributed by atoms with Gasteiger partial charge in [-0.2, -0.15) is 0 Å². The van der Waals surface area contributed by atoms with E-state index in [0.29, 0.717) is 13.2 Å². The number of methoxy groups -OCH3 is 2. The van der Waals surface area contributed by atoms with Crippen LogP contribution in [0.5, 0.6) is 11.5 Å². The fraction of sp³-hybridized carbons (Fsp3) is 0.579. The Labute approximate surface area is 138 Å². The third-order valence-electron chi connectivity index (χ3n) is 4.63. The van der Waals surface area contributed by atoms with Gasteiger partial charge in [0.15, 0.2) is 5.79 Å². The van der Waals surface area contributed by atoms with Crippen molar-refractivity contribution in [1.82, 2.24) is 0 Å². The normalized spacial score (nSPS) is 22.0. The Morgan fingerprint density at radius 3 is 2.26 bits per heavy atom. The van der Waals surface area contributed by atoms with Crippen molar-refractivity contribution in [2.24, 2.45) is 5.41 Å². The molecule has 1 aliphatic heterocycles. The van der Waals surface area contributed by atoms with Crippen LogP contribution in [0.2, 0.25) is 0 Å². The summed E-state index contributed by atoms with van der Waals surface area (Å²) in [4.78, 5) is 0. The maximum atomic E-state index is 5.99. The molecule has 3 rings (SSSR count). The van der Waals surface area contributed by atoms with Gasteiger partial charge in [-0.1, -0.05) is 19.9 Å². The van der Waals surface area contributed by atoms with Gasteiger partial charge in [0.1, 0.15) is 11.5 Å². The maximum Gasteiger partial charge on any atom is 0.173 e. The lowest BCUT2D eigenvalue weighted by molar-refractivity contribution is -0.172. The van der Waals surface area contributed by atoms with Gasteiger partial charge in [0.2, 0.25) is 0 Å². The third kappa shape index (κ3) is 3.10. The van der Waals surface area contributed by atoms with Gasteiger partial charge in [-0.15, -0.1) is 0 Å². The Morgan fingerprint density at radius 2 is 1.65 bits per heavy atom. The van der Waals surface area contributed by atoms with Gasteiger partial charge in [0, 0.05) is 18.4 Å². The van der Waals surface area contributed by atoms with Gasteiger partial charge >= 0.3 is 0 Å². The second-order valence-electron chi connectivity index (χ2n) is 7.14. The van der Waals surface area contributed by atoms with E-state index >= 15 is 0 Å². The molecule has 0 N–H and O–H groups in total. The molecule has 0 radical (unpaired) electrons. The SMILES string of the molecule is COc1cc(C2=CC(C)(C)CC3(C2)OCCO3)c(OC)cc1C. The molecule has 1 fully saturated rings. The topological polar surface area (TPSA) is 36.9 Å². The Balaban J connectivity index is 2.07. The molecular formula is C19H26O4. The van der Waals surface area contributed by atoms with Crippen LogP contribution in [0.15, 0.2) is 18.2 Å². The molecule has 1 aliphatic carbocycles. The van der Waals surface area contributed by atoms with Crippen molar-refractivity contribution in [2.45, 2.75) is 39.4 Å². The predicted octanol–water partition coefficient (Wildman–Crippen LogP) is 3.96. The van der Waals surface area contributed by atoms with Crippen molar-refractivity contribution < 1.29 is 18.9 Å². The number of benzene rings is 1. The quantitative estimate of drug-likeness (QED) is 0.845. The first-order chi connectivity index (χ1) is 10.9. The summed E-state index contributed by atoms with van der Waals surface area (Å²) in [5, 5.41) is 0. The molecule has 1 aromatic carbocycles. The molecular weight excluding hydrogens is 292 g/mol. The van der Waals surface area contributed by atoms with Gasteiger partial charge in [0.25, 0.3) is 0 Å². The van der Waals surface area contributed by atoms with Crippen LogP contribution in [-0.2, 0) is 9.47 Å². The Kier molecular flexibility index (Phi) is 4.15. The molecule has 1 spiro atoms. The maximum absolute atomic E-state index is 5.99. The van der Waals surface area contributed by atoms with Crippen molar-refractivity contribution >= 4 is 5.57 Å². The smallest absolute Gasteiger partial charge is 0.173 e. The highest BCUT2D eigenvalue weighted by Crippen LogP contribution is 2.49. The summed E-state index contributed by atoms with van der Waals surface area (Å²) >= 11 is 0. The van der Waals surface area contributed by atoms with Crippen LogP contribution in [0.4, 0.5) is 0 Å². The second kappa shape index (κ2) is 5.84. The van der Waals surface area contributed by atoms with Crippen LogP contribution in [0.3, 0.4) is 0 Å². The van der Waals surface area contributed by atoms with Crippen LogP contribution < -0.4 is 9.47 Å². The predicted molar refractivity (Wildman–Crippen MR) is 89.9 cm³/mol. The number of allylic oxidation sites excluding steroid dienone is 1. The minimum Gasteiger partial charge on any atom is -0.496 e. The second-order valence-corrected chi connectivity index (χ2v) is 7.14. The average Bonchev–Trinajstić information content (AvgIpc) is 2.92. The summed E-state index contributed by atoms with van der Waals surface area (Å²) in [5.74, 6) is 1.23. The Morgan fingerprint density at radius 1 is 1.00 bits per heavy atom. The fourth-order valence-electron chi connectivity index (χ4n) is 3.80. The molecule has 1 heterocycles. The van der Waals surface area contributed by atoms with Gasteiger partial charge < -0.3 is 18.9 Å². The molecule has 0 bridgehead atoms. The van der Waals surface area contributed by atoms with Crippen molar-refractivity contribution in [3.63, 3.8) is 0 Å². The van der Waals surface area contributed by atoms with E-state index in [1.807, 2.05) is 13.0 Å². The zero-order chi connectivity index (χ0) is 16.7. The lowest BCUT2D eigenvalue weighted by atomic mass is 9.74. The van der Waals surface area contributed by atoms with E-state index in [4.69, 9.17) is 18.9 Å². The average molecular weight is 318 g/mol. The van der Waals surface area contributed by atoms with Gasteiger partial charge in [-0.3, -0.25) is 0 Å². The van der Waals surface area contributed by atoms with E-state index < -0.39 is 5.79 Å². The molecule has 4 nitrogen and oxygen atoms in total. The van der Waals surface area contributed by atoms with Crippen molar-refractivity contribution in [3.05, 3.63) is 29.3 Å². The van der Waals surface area contributed by atoms with E-state index in [1.54, 1.807) is 14.2 Å². The molecule has 2 aliphatic rings. The molecule has 1 saturated heterocycles. The highest BCUT2D eigenvalue weighted by atomic mass is 16.7. The van der Waals surface area contributed by atoms with Crippen LogP contribution in [0.25, 0.3) is 5.57 Å². The van der Waals surface area contributed by atoms with Crippen molar-refractivity contribution in [1.29, 1.82) is 0 Å². The van der Waals surface area contributed by atoms with E-state index in [2.05, 4.69) is 26.0 Å². The minimum atomic E-state index is -0.503. The molecule has 0 unspecified atom stereocenters. The van der Waals surface area contributed by atoms with Crippen LogP contribution >= 0.6 is 0 Å². The Hall–Kier alpha value is -1.52. The highest BCUT2D eigenvalue weighted by molar-refractivity contribution is 5.74. The summed E-state index contributed by atoms with van der Waals surface area (Å²) in [7, 11) is 3.40. The van der Waals surface area contributed by atoms with Crippen molar-refractivity contribution in [2.75, 3.05) is 27.4 Å². The molecule has 0 amide bonds. The monoisotopic (exact) mass is 318 g/mol. The fourth-order valence-corrected chi connectivity index (χ4v) is 3.80. The zero-order valence-electron chi connectivity index (χ0n) is 14.7. The summed E-state index contributed by atoms with van der Waals surface area (Å²) in [5.41, 5.74) is 3.31. The Bertz CT molecular complexity index is 625. The lowest BCUT2D eigenvalue weighted by Gasteiger charge is -2.40. The number of aryl methyl sites for hydroxylation is 1. The van der Waals surface area contributed by atoms with Crippen LogP contribution in [0, 0.1) is 12.3 Å². The molecule has 0 aromatic heterocycles. The van der Waals surface area contributed by atoms with E-state index in [1.165, 1.54) is 5.57 Å². The number of ether oxygens (including phenoxy) is 4. The molecule has 23 heavy (non-hydrogen) atoms. The molecule has 0 atom stereocenters. The largest absolute Gasteiger partial charge is 0.496 e. The van der Waals surface area contributed by atoms with E-state index in [0.717, 1.165) is 35.5 Å². The summed E-state index contributed by atoms with van der Waals surface area (Å²) < 4.78 is 23.1. The van der Waals surface area contributed by atoms with Crippen LogP contribution in [-0.4, -0.2) is 33.2 Å². The number of hydrogen-bond acceptors (Lipinski definition) is 4. The molecule has 0 saturated carbocycles. The van der Waals surface area contributed by atoms with E-state index in [9.17, 15) is 0 Å². The van der Waals surface area contributed by atoms with Gasteiger partial charge in [-0.05, 0) is 35.6 Å². The summed E-state index contributed by atoms with van der Waals surface area (Å²) in [6, 6.07) is 4.09. The first-order valence-electron chi connectivity index (χ1n) is 8.11. The molecule has 4 heteroatoms. The lowest BCUT2D eigenvalue weighted by Crippen LogP contribution is -2.38. The third-order valence-corrected chi connectivity index (χ3v) is 4.63. The van der Waals surface area contributed by atoms with Crippen LogP contribution in [0.1, 0.15) is 37.8 Å². The molecule has 126 valence electrons. The van der Waals surface area contributed by atoms with Crippen molar-refractivity contribution in [3.8, 4) is 11.5 Å². The highest BCUT2D eigenvalue weighted by Gasteiger charge is 2.45. The van der Waals surface area contributed by atoms with E-state index in [-0.39, 0.29) is 5.41 Å². The number of hydrogen-bond donors (Lipinski definition) is 0. The summed E-state index contributed by atoms with van der Waals surface area (Å²) in [6.07, 6.45) is 3.92. The standard InChI is InChI=1S/C19H26O4/c1-13-8-17(21-5)15(9-16(13)20-4)14-10-18(2,3)12-19(11-14)22-6-7-23-19/h8-10H,6-7,11-12H2,1-5H3. The van der Waals surface area contributed by atoms with Gasteiger partial charge in [0.05, 0.1) is 27.4 Å². The molecule has 1 aromatic rings. The first kappa shape index (κ1) is 16.3. The first-order valence-corrected chi connectivity index (χ1v) is 8.11.